The van der Waals surface area contributed by atoms with Crippen molar-refractivity contribution < 1.29 is 28.3 Å². The minimum Gasteiger partial charge on any atom is -0.480 e. The Labute approximate surface area is 118 Å². The fraction of sp³-hybridized carbons (Fsp3) is 0.308. The summed E-state index contributed by atoms with van der Waals surface area (Å²) in [6.45, 7) is 0.594. The number of carbonyl (C=O) groups is 3. The molecule has 0 radical (unpaired) electrons. The van der Waals surface area contributed by atoms with Crippen LogP contribution < -0.4 is 5.32 Å². The third kappa shape index (κ3) is 2.83. The Kier molecular flexibility index (Phi) is 3.88. The molecule has 0 bridgehead atoms. The summed E-state index contributed by atoms with van der Waals surface area (Å²) < 4.78 is 26.9. The van der Waals surface area contributed by atoms with Gasteiger partial charge in [-0.25, -0.2) is 13.6 Å². The minimum atomic E-state index is -1.32. The summed E-state index contributed by atoms with van der Waals surface area (Å²) >= 11 is 0. The number of piperazine rings is 1. The number of amides is 2. The van der Waals surface area contributed by atoms with Gasteiger partial charge in [0.05, 0.1) is 5.56 Å². The molecule has 1 heterocycles. The fourth-order valence-corrected chi connectivity index (χ4v) is 2.05. The molecule has 0 saturated carbocycles. The van der Waals surface area contributed by atoms with Crippen molar-refractivity contribution in [2.45, 2.75) is 13.0 Å². The highest BCUT2D eigenvalue weighted by Crippen LogP contribution is 2.18. The predicted molar refractivity (Wildman–Crippen MR) is 66.6 cm³/mol. The van der Waals surface area contributed by atoms with Crippen LogP contribution in [-0.2, 0) is 9.59 Å². The summed E-state index contributed by atoms with van der Waals surface area (Å²) in [5.41, 5.74) is -0.414. The van der Waals surface area contributed by atoms with Gasteiger partial charge >= 0.3 is 5.97 Å². The Hall–Kier alpha value is -2.51. The topological polar surface area (TPSA) is 86.7 Å². The molecule has 0 spiro atoms. The smallest absolute Gasteiger partial charge is 0.328 e. The van der Waals surface area contributed by atoms with Crippen molar-refractivity contribution >= 4 is 17.8 Å². The van der Waals surface area contributed by atoms with Crippen molar-refractivity contribution in [2.75, 3.05) is 13.1 Å². The van der Waals surface area contributed by atoms with Crippen LogP contribution in [0, 0.1) is 18.6 Å². The van der Waals surface area contributed by atoms with Crippen LogP contribution in [0.3, 0.4) is 0 Å². The molecule has 1 fully saturated rings. The van der Waals surface area contributed by atoms with Gasteiger partial charge in [0.1, 0.15) is 24.2 Å². The minimum absolute atomic E-state index is 0.0492. The lowest BCUT2D eigenvalue weighted by atomic mass is 10.1. The van der Waals surface area contributed by atoms with Gasteiger partial charge in [0.15, 0.2) is 0 Å². The van der Waals surface area contributed by atoms with Gasteiger partial charge in [-0.1, -0.05) is 0 Å². The largest absolute Gasteiger partial charge is 0.480 e. The lowest BCUT2D eigenvalue weighted by Crippen LogP contribution is -2.59. The van der Waals surface area contributed by atoms with Crippen LogP contribution >= 0.6 is 0 Å². The van der Waals surface area contributed by atoms with E-state index in [9.17, 15) is 23.2 Å². The molecule has 1 aliphatic heterocycles. The SMILES string of the molecule is Cc1cc(C(=O)N2CC(=O)NCC2C(=O)O)c(F)cc1F. The Bertz CT molecular complexity index is 633. The average Bonchev–Trinajstić information content (AvgIpc) is 2.41. The molecule has 0 aliphatic carbocycles. The summed E-state index contributed by atoms with van der Waals surface area (Å²) in [6.07, 6.45) is 0. The first-order valence-electron chi connectivity index (χ1n) is 6.07. The van der Waals surface area contributed by atoms with E-state index < -0.39 is 47.6 Å². The predicted octanol–water partition coefficient (Wildman–Crippen LogP) is 0.298. The van der Waals surface area contributed by atoms with Crippen LogP contribution in [0.5, 0.6) is 0 Å². The van der Waals surface area contributed by atoms with E-state index in [1.165, 1.54) is 6.92 Å². The van der Waals surface area contributed by atoms with Gasteiger partial charge in [0.25, 0.3) is 5.91 Å². The fourth-order valence-electron chi connectivity index (χ4n) is 2.05. The number of hydrogen-bond donors (Lipinski definition) is 2. The molecule has 112 valence electrons. The summed E-state index contributed by atoms with van der Waals surface area (Å²) in [4.78, 5) is 35.5. The van der Waals surface area contributed by atoms with Gasteiger partial charge in [0.2, 0.25) is 5.91 Å². The molecule has 1 aromatic rings. The van der Waals surface area contributed by atoms with Gasteiger partial charge in [-0.05, 0) is 18.6 Å². The second kappa shape index (κ2) is 5.47. The first-order valence-corrected chi connectivity index (χ1v) is 6.07. The van der Waals surface area contributed by atoms with E-state index in [1.807, 2.05) is 0 Å². The van der Waals surface area contributed by atoms with Crippen molar-refractivity contribution in [3.63, 3.8) is 0 Å². The first-order chi connectivity index (χ1) is 9.81. The summed E-state index contributed by atoms with van der Waals surface area (Å²) in [7, 11) is 0. The standard InChI is InChI=1S/C13H12F2N2O4/c1-6-2-7(9(15)3-8(6)14)12(19)17-5-11(18)16-4-10(17)13(20)21/h2-3,10H,4-5H2,1H3,(H,16,18)(H,20,21). The number of hydrogen-bond acceptors (Lipinski definition) is 3. The van der Waals surface area contributed by atoms with Crippen molar-refractivity contribution in [3.05, 3.63) is 34.9 Å². The van der Waals surface area contributed by atoms with Crippen LogP contribution in [0.25, 0.3) is 0 Å². The maximum atomic E-state index is 13.7. The molecule has 2 N–H and O–H groups in total. The van der Waals surface area contributed by atoms with Crippen LogP contribution in [-0.4, -0.2) is 46.9 Å². The normalized spacial score (nSPS) is 18.3. The quantitative estimate of drug-likeness (QED) is 0.822. The number of carboxylic acids is 1. The number of rotatable bonds is 2. The van der Waals surface area contributed by atoms with Gasteiger partial charge in [-0.3, -0.25) is 9.59 Å². The molecule has 1 unspecified atom stereocenters. The van der Waals surface area contributed by atoms with Crippen LogP contribution in [0.2, 0.25) is 0 Å². The molecule has 2 rings (SSSR count). The molecule has 0 aromatic heterocycles. The summed E-state index contributed by atoms with van der Waals surface area (Å²) in [5, 5.41) is 11.4. The van der Waals surface area contributed by atoms with E-state index >= 15 is 0 Å². The molecule has 6 nitrogen and oxygen atoms in total. The highest BCUT2D eigenvalue weighted by Gasteiger charge is 2.36. The molecule has 2 amide bonds. The number of carbonyl (C=O) groups excluding carboxylic acids is 2. The van der Waals surface area contributed by atoms with Crippen molar-refractivity contribution in [1.29, 1.82) is 0 Å². The maximum absolute atomic E-state index is 13.7. The Morgan fingerprint density at radius 2 is 2.00 bits per heavy atom. The zero-order chi connectivity index (χ0) is 15.7. The van der Waals surface area contributed by atoms with Crippen LogP contribution in [0.15, 0.2) is 12.1 Å². The number of nitrogens with zero attached hydrogens (tertiary/aromatic N) is 1. The van der Waals surface area contributed by atoms with Crippen molar-refractivity contribution in [3.8, 4) is 0 Å². The second-order valence-electron chi connectivity index (χ2n) is 4.67. The van der Waals surface area contributed by atoms with E-state index in [4.69, 9.17) is 5.11 Å². The monoisotopic (exact) mass is 298 g/mol. The number of carboxylic acid groups (broad SMARTS) is 1. The van der Waals surface area contributed by atoms with E-state index in [0.717, 1.165) is 11.0 Å². The van der Waals surface area contributed by atoms with Crippen LogP contribution in [0.1, 0.15) is 15.9 Å². The second-order valence-corrected chi connectivity index (χ2v) is 4.67. The Morgan fingerprint density at radius 1 is 1.33 bits per heavy atom. The number of benzene rings is 1. The number of halogens is 2. The van der Waals surface area contributed by atoms with E-state index in [2.05, 4.69) is 5.32 Å². The lowest BCUT2D eigenvalue weighted by Gasteiger charge is -2.32. The lowest BCUT2D eigenvalue weighted by molar-refractivity contribution is -0.144. The molecule has 1 atom stereocenters. The van der Waals surface area contributed by atoms with Gasteiger partial charge < -0.3 is 15.3 Å². The highest BCUT2D eigenvalue weighted by molar-refractivity contribution is 6.00. The highest BCUT2D eigenvalue weighted by atomic mass is 19.1. The maximum Gasteiger partial charge on any atom is 0.328 e. The molecular weight excluding hydrogens is 286 g/mol. The molecule has 1 saturated heterocycles. The zero-order valence-corrected chi connectivity index (χ0v) is 11.0. The molecule has 21 heavy (non-hydrogen) atoms. The van der Waals surface area contributed by atoms with Crippen molar-refractivity contribution in [1.82, 2.24) is 10.2 Å². The Balaban J connectivity index is 2.39. The van der Waals surface area contributed by atoms with Gasteiger partial charge in [-0.15, -0.1) is 0 Å². The van der Waals surface area contributed by atoms with E-state index in [1.54, 1.807) is 0 Å². The molecule has 1 aromatic carbocycles. The Morgan fingerprint density at radius 3 is 2.62 bits per heavy atom. The number of aryl methyl sites for hydroxylation is 1. The number of nitrogens with one attached hydrogen (secondary N) is 1. The average molecular weight is 298 g/mol. The van der Waals surface area contributed by atoms with E-state index in [0.29, 0.717) is 6.07 Å². The van der Waals surface area contributed by atoms with Crippen LogP contribution in [0.4, 0.5) is 8.78 Å². The summed E-state index contributed by atoms with van der Waals surface area (Å²) in [6, 6.07) is 0.265. The van der Waals surface area contributed by atoms with E-state index in [-0.39, 0.29) is 12.1 Å². The molecular formula is C13H12F2N2O4. The third-order valence-corrected chi connectivity index (χ3v) is 3.21. The summed E-state index contributed by atoms with van der Waals surface area (Å²) in [5.74, 6) is -4.73. The van der Waals surface area contributed by atoms with Gasteiger partial charge in [-0.2, -0.15) is 0 Å². The zero-order valence-electron chi connectivity index (χ0n) is 11.0. The molecule has 1 aliphatic rings. The van der Waals surface area contributed by atoms with Crippen molar-refractivity contribution in [2.24, 2.45) is 0 Å². The van der Waals surface area contributed by atoms with Gasteiger partial charge in [0, 0.05) is 12.6 Å². The molecule has 8 heteroatoms. The third-order valence-electron chi connectivity index (χ3n) is 3.21. The number of aliphatic carboxylic acids is 1. The first kappa shape index (κ1) is 14.9.